The average molecular weight is 359 g/mol. The van der Waals surface area contributed by atoms with E-state index in [1.807, 2.05) is 30.5 Å². The topological polar surface area (TPSA) is 77.1 Å². The molecule has 0 radical (unpaired) electrons. The zero-order valence-electron chi connectivity index (χ0n) is 14.1. The van der Waals surface area contributed by atoms with Crippen molar-refractivity contribution in [1.29, 1.82) is 0 Å². The zero-order valence-corrected chi connectivity index (χ0v) is 14.9. The smallest absolute Gasteiger partial charge is 0.152 e. The van der Waals surface area contributed by atoms with E-state index in [0.29, 0.717) is 13.0 Å². The molecular weight excluding hydrogens is 338 g/mol. The van der Waals surface area contributed by atoms with Gasteiger partial charge in [0.1, 0.15) is 11.3 Å². The van der Waals surface area contributed by atoms with Crippen LogP contribution in [0.25, 0.3) is 11.0 Å². The number of aromatic nitrogens is 2. The maximum absolute atomic E-state index is 11.6. The van der Waals surface area contributed by atoms with Crippen LogP contribution in [0.4, 0.5) is 0 Å². The van der Waals surface area contributed by atoms with Gasteiger partial charge >= 0.3 is 0 Å². The van der Waals surface area contributed by atoms with Crippen molar-refractivity contribution in [3.63, 3.8) is 0 Å². The Morgan fingerprint density at radius 2 is 2.24 bits per heavy atom. The molecule has 0 bridgehead atoms. The molecule has 6 nitrogen and oxygen atoms in total. The van der Waals surface area contributed by atoms with E-state index < -0.39 is 9.84 Å². The SMILES string of the molecule is C[C@H](NCc1cnn([C@@H]2CCS(=O)(=O)C2)c1)c1cc2ccccc2o1. The quantitative estimate of drug-likeness (QED) is 0.758. The van der Waals surface area contributed by atoms with Crippen molar-refractivity contribution in [1.82, 2.24) is 15.1 Å². The van der Waals surface area contributed by atoms with Crippen LogP contribution in [-0.2, 0) is 16.4 Å². The number of nitrogens with one attached hydrogen (secondary N) is 1. The molecule has 1 fully saturated rings. The van der Waals surface area contributed by atoms with Crippen LogP contribution in [-0.4, -0.2) is 29.7 Å². The molecule has 2 aromatic heterocycles. The summed E-state index contributed by atoms with van der Waals surface area (Å²) in [6.45, 7) is 2.71. The van der Waals surface area contributed by atoms with Gasteiger partial charge < -0.3 is 9.73 Å². The van der Waals surface area contributed by atoms with Gasteiger partial charge in [0, 0.05) is 23.7 Å². The summed E-state index contributed by atoms with van der Waals surface area (Å²) >= 11 is 0. The Kier molecular flexibility index (Phi) is 4.13. The van der Waals surface area contributed by atoms with E-state index in [1.165, 1.54) is 0 Å². The molecule has 1 N–H and O–H groups in total. The fraction of sp³-hybridized carbons (Fsp3) is 0.389. The Balaban J connectivity index is 1.40. The van der Waals surface area contributed by atoms with Crippen LogP contribution in [0.3, 0.4) is 0 Å². The number of benzene rings is 1. The van der Waals surface area contributed by atoms with Crippen LogP contribution in [0.2, 0.25) is 0 Å². The van der Waals surface area contributed by atoms with Crippen molar-refractivity contribution in [2.45, 2.75) is 32.0 Å². The van der Waals surface area contributed by atoms with Gasteiger partial charge in [0.2, 0.25) is 0 Å². The summed E-state index contributed by atoms with van der Waals surface area (Å²) < 4.78 is 30.9. The van der Waals surface area contributed by atoms with Crippen LogP contribution in [0.1, 0.15) is 36.8 Å². The first-order chi connectivity index (χ1) is 12.0. The largest absolute Gasteiger partial charge is 0.459 e. The number of hydrogen-bond donors (Lipinski definition) is 1. The van der Waals surface area contributed by atoms with E-state index in [9.17, 15) is 8.42 Å². The van der Waals surface area contributed by atoms with E-state index in [-0.39, 0.29) is 23.6 Å². The number of para-hydroxylation sites is 1. The zero-order chi connectivity index (χ0) is 17.4. The number of nitrogens with zero attached hydrogens (tertiary/aromatic N) is 2. The molecule has 0 amide bonds. The minimum atomic E-state index is -2.90. The highest BCUT2D eigenvalue weighted by Crippen LogP contribution is 2.25. The normalized spacial score (nSPS) is 20.9. The Morgan fingerprint density at radius 1 is 1.40 bits per heavy atom. The predicted octanol–water partition coefficient (Wildman–Crippen LogP) is 2.84. The molecule has 0 saturated carbocycles. The number of furan rings is 1. The van der Waals surface area contributed by atoms with E-state index in [2.05, 4.69) is 23.4 Å². The molecule has 1 aliphatic rings. The highest BCUT2D eigenvalue weighted by molar-refractivity contribution is 7.91. The summed E-state index contributed by atoms with van der Waals surface area (Å²) in [4.78, 5) is 0. The van der Waals surface area contributed by atoms with Crippen molar-refractivity contribution in [2.75, 3.05) is 11.5 Å². The van der Waals surface area contributed by atoms with Crippen molar-refractivity contribution in [3.8, 4) is 0 Å². The van der Waals surface area contributed by atoms with Crippen molar-refractivity contribution in [3.05, 3.63) is 54.0 Å². The van der Waals surface area contributed by atoms with E-state index >= 15 is 0 Å². The standard InChI is InChI=1S/C18H21N3O3S/c1-13(18-8-15-4-2-3-5-17(15)24-18)19-9-14-10-20-21(11-14)16-6-7-25(22,23)12-16/h2-5,8,10-11,13,16,19H,6-7,9,12H2,1H3/t13-,16+/m0/s1. The number of sulfone groups is 1. The predicted molar refractivity (Wildman–Crippen MR) is 96.0 cm³/mol. The molecular formula is C18H21N3O3S. The third-order valence-corrected chi connectivity index (χ3v) is 6.47. The second-order valence-corrected chi connectivity index (χ2v) is 8.90. The maximum atomic E-state index is 11.6. The molecule has 1 saturated heterocycles. The fourth-order valence-electron chi connectivity index (χ4n) is 3.24. The van der Waals surface area contributed by atoms with Crippen molar-refractivity contribution >= 4 is 20.8 Å². The third-order valence-electron chi connectivity index (χ3n) is 4.72. The van der Waals surface area contributed by atoms with Gasteiger partial charge in [-0.15, -0.1) is 0 Å². The van der Waals surface area contributed by atoms with Gasteiger partial charge in [-0.25, -0.2) is 8.42 Å². The highest BCUT2D eigenvalue weighted by atomic mass is 32.2. The lowest BCUT2D eigenvalue weighted by Gasteiger charge is -2.10. The second-order valence-electron chi connectivity index (χ2n) is 6.67. The summed E-state index contributed by atoms with van der Waals surface area (Å²) in [5.41, 5.74) is 1.92. The van der Waals surface area contributed by atoms with Gasteiger partial charge in [-0.1, -0.05) is 18.2 Å². The molecule has 132 valence electrons. The summed E-state index contributed by atoms with van der Waals surface area (Å²) in [7, 11) is -2.90. The lowest BCUT2D eigenvalue weighted by molar-refractivity contribution is 0.450. The summed E-state index contributed by atoms with van der Waals surface area (Å²) in [5.74, 6) is 1.35. The minimum Gasteiger partial charge on any atom is -0.459 e. The van der Waals surface area contributed by atoms with Gasteiger partial charge in [0.05, 0.1) is 29.8 Å². The molecule has 1 aliphatic heterocycles. The monoisotopic (exact) mass is 359 g/mol. The second kappa shape index (κ2) is 6.31. The molecule has 0 unspecified atom stereocenters. The Morgan fingerprint density at radius 3 is 3.00 bits per heavy atom. The molecule has 2 atom stereocenters. The van der Waals surface area contributed by atoms with Gasteiger partial charge in [-0.3, -0.25) is 4.68 Å². The number of rotatable bonds is 5. The van der Waals surface area contributed by atoms with Gasteiger partial charge in [-0.2, -0.15) is 5.10 Å². The van der Waals surface area contributed by atoms with Gasteiger partial charge in [0.25, 0.3) is 0 Å². The van der Waals surface area contributed by atoms with Gasteiger partial charge in [-0.05, 0) is 25.5 Å². The summed E-state index contributed by atoms with van der Waals surface area (Å²) in [6.07, 6.45) is 4.37. The van der Waals surface area contributed by atoms with E-state index in [4.69, 9.17) is 4.42 Å². The highest BCUT2D eigenvalue weighted by Gasteiger charge is 2.29. The van der Waals surface area contributed by atoms with Crippen LogP contribution in [0.5, 0.6) is 0 Å². The van der Waals surface area contributed by atoms with E-state index in [1.54, 1.807) is 10.9 Å². The Labute approximate surface area is 146 Å². The first kappa shape index (κ1) is 16.4. The fourth-order valence-corrected chi connectivity index (χ4v) is 4.94. The molecule has 3 heterocycles. The lowest BCUT2D eigenvalue weighted by Crippen LogP contribution is -2.17. The first-order valence-corrected chi connectivity index (χ1v) is 10.3. The van der Waals surface area contributed by atoms with Crippen molar-refractivity contribution in [2.24, 2.45) is 0 Å². The Hall–Kier alpha value is -2.12. The first-order valence-electron chi connectivity index (χ1n) is 8.45. The third kappa shape index (κ3) is 3.48. The van der Waals surface area contributed by atoms with Crippen LogP contribution in [0, 0.1) is 0 Å². The Bertz CT molecular complexity index is 957. The van der Waals surface area contributed by atoms with Crippen LogP contribution in [0.15, 0.2) is 47.1 Å². The summed E-state index contributed by atoms with van der Waals surface area (Å²) in [6, 6.07) is 10.1. The van der Waals surface area contributed by atoms with Crippen LogP contribution >= 0.6 is 0 Å². The van der Waals surface area contributed by atoms with E-state index in [0.717, 1.165) is 22.3 Å². The molecule has 0 aliphatic carbocycles. The minimum absolute atomic E-state index is 0.0356. The molecule has 3 aromatic rings. The lowest BCUT2D eigenvalue weighted by atomic mass is 10.2. The van der Waals surface area contributed by atoms with Crippen molar-refractivity contribution < 1.29 is 12.8 Å². The average Bonchev–Trinajstić information content (AvgIpc) is 3.29. The summed E-state index contributed by atoms with van der Waals surface area (Å²) in [5, 5.41) is 8.87. The molecule has 7 heteroatoms. The number of hydrogen-bond acceptors (Lipinski definition) is 5. The molecule has 0 spiro atoms. The number of fused-ring (bicyclic) bond motifs is 1. The van der Waals surface area contributed by atoms with Crippen LogP contribution < -0.4 is 5.32 Å². The molecule has 4 rings (SSSR count). The molecule has 25 heavy (non-hydrogen) atoms. The van der Waals surface area contributed by atoms with Gasteiger partial charge in [0.15, 0.2) is 9.84 Å². The maximum Gasteiger partial charge on any atom is 0.152 e. The molecule has 1 aromatic carbocycles.